The molecule has 0 saturated heterocycles. The molecule has 0 fully saturated rings. The number of hydrogen-bond acceptors (Lipinski definition) is 4. The molecule has 0 aliphatic carbocycles. The van der Waals surface area contributed by atoms with Crippen LogP contribution in [0.25, 0.3) is 0 Å². The van der Waals surface area contributed by atoms with Crippen molar-refractivity contribution in [2.75, 3.05) is 24.3 Å². The third-order valence-corrected chi connectivity index (χ3v) is 4.07. The summed E-state index contributed by atoms with van der Waals surface area (Å²) in [5, 5.41) is 5.80. The SMILES string of the molecule is CN(C)c1c(Cl)cccc1NCc1cc(C(N)=O)cs1. The van der Waals surface area contributed by atoms with Crippen LogP contribution in [-0.2, 0) is 6.54 Å². The molecule has 0 unspecified atom stereocenters. The first kappa shape index (κ1) is 14.7. The van der Waals surface area contributed by atoms with Gasteiger partial charge in [-0.3, -0.25) is 4.79 Å². The molecule has 0 bridgehead atoms. The van der Waals surface area contributed by atoms with Gasteiger partial charge in [0, 0.05) is 30.9 Å². The number of benzene rings is 1. The minimum absolute atomic E-state index is 0.399. The second-order valence-corrected chi connectivity index (χ2v) is 5.95. The number of nitrogens with one attached hydrogen (secondary N) is 1. The second-order valence-electron chi connectivity index (χ2n) is 4.55. The van der Waals surface area contributed by atoms with E-state index in [1.807, 2.05) is 37.2 Å². The molecule has 6 heteroatoms. The third kappa shape index (κ3) is 3.23. The molecule has 0 aliphatic heterocycles. The van der Waals surface area contributed by atoms with Crippen molar-refractivity contribution in [1.82, 2.24) is 0 Å². The largest absolute Gasteiger partial charge is 0.378 e. The summed E-state index contributed by atoms with van der Waals surface area (Å²) in [6.45, 7) is 0.624. The quantitative estimate of drug-likeness (QED) is 0.892. The maximum Gasteiger partial charge on any atom is 0.249 e. The van der Waals surface area contributed by atoms with E-state index in [9.17, 15) is 4.79 Å². The zero-order chi connectivity index (χ0) is 14.7. The molecule has 106 valence electrons. The second kappa shape index (κ2) is 6.15. The van der Waals surface area contributed by atoms with Crippen molar-refractivity contribution in [3.63, 3.8) is 0 Å². The highest BCUT2D eigenvalue weighted by Gasteiger charge is 2.10. The van der Waals surface area contributed by atoms with Crippen LogP contribution in [0.2, 0.25) is 5.02 Å². The Kier molecular flexibility index (Phi) is 4.52. The Balaban J connectivity index is 2.14. The zero-order valence-electron chi connectivity index (χ0n) is 11.3. The van der Waals surface area contributed by atoms with Crippen molar-refractivity contribution in [1.29, 1.82) is 0 Å². The molecule has 3 N–H and O–H groups in total. The highest BCUT2D eigenvalue weighted by Crippen LogP contribution is 2.32. The third-order valence-electron chi connectivity index (χ3n) is 2.83. The standard InChI is InChI=1S/C14H16ClN3OS/c1-18(2)13-11(15)4-3-5-12(13)17-7-10-6-9(8-20-10)14(16)19/h3-6,8,17H,7H2,1-2H3,(H2,16,19). The number of thiophene rings is 1. The summed E-state index contributed by atoms with van der Waals surface area (Å²) < 4.78 is 0. The summed E-state index contributed by atoms with van der Waals surface area (Å²) in [5.41, 5.74) is 7.69. The van der Waals surface area contributed by atoms with Gasteiger partial charge < -0.3 is 16.0 Å². The zero-order valence-corrected chi connectivity index (χ0v) is 12.9. The summed E-state index contributed by atoms with van der Waals surface area (Å²) in [7, 11) is 3.89. The van der Waals surface area contributed by atoms with E-state index < -0.39 is 5.91 Å². The van der Waals surface area contributed by atoms with Crippen LogP contribution in [0.3, 0.4) is 0 Å². The molecule has 20 heavy (non-hydrogen) atoms. The fraction of sp³-hybridized carbons (Fsp3) is 0.214. The van der Waals surface area contributed by atoms with Crippen molar-refractivity contribution < 1.29 is 4.79 Å². The molecule has 0 atom stereocenters. The molecule has 1 amide bonds. The fourth-order valence-corrected chi connectivity index (χ4v) is 3.05. The van der Waals surface area contributed by atoms with Gasteiger partial charge in [0.2, 0.25) is 5.91 Å². The maximum atomic E-state index is 11.1. The van der Waals surface area contributed by atoms with Gasteiger partial charge in [0.25, 0.3) is 0 Å². The van der Waals surface area contributed by atoms with Gasteiger partial charge >= 0.3 is 0 Å². The number of para-hydroxylation sites is 1. The molecule has 0 radical (unpaired) electrons. The van der Waals surface area contributed by atoms with E-state index in [2.05, 4.69) is 5.32 Å². The Morgan fingerprint density at radius 2 is 2.20 bits per heavy atom. The van der Waals surface area contributed by atoms with E-state index >= 15 is 0 Å². The molecular weight excluding hydrogens is 294 g/mol. The van der Waals surface area contributed by atoms with Crippen LogP contribution in [0.1, 0.15) is 15.2 Å². The molecule has 1 aromatic heterocycles. The van der Waals surface area contributed by atoms with Crippen LogP contribution in [0, 0.1) is 0 Å². The van der Waals surface area contributed by atoms with E-state index in [0.717, 1.165) is 16.3 Å². The molecule has 2 aromatic rings. The van der Waals surface area contributed by atoms with E-state index in [0.29, 0.717) is 17.1 Å². The minimum Gasteiger partial charge on any atom is -0.378 e. The molecule has 1 heterocycles. The normalized spacial score (nSPS) is 10.3. The van der Waals surface area contributed by atoms with E-state index in [1.54, 1.807) is 11.4 Å². The lowest BCUT2D eigenvalue weighted by atomic mass is 10.2. The van der Waals surface area contributed by atoms with Gasteiger partial charge in [0.05, 0.1) is 22.0 Å². The highest BCUT2D eigenvalue weighted by molar-refractivity contribution is 7.10. The minimum atomic E-state index is -0.399. The Bertz CT molecular complexity index is 625. The predicted octanol–water partition coefficient (Wildman–Crippen LogP) is 3.18. The van der Waals surface area contributed by atoms with Crippen LogP contribution in [0.4, 0.5) is 11.4 Å². The molecule has 0 saturated carbocycles. The number of nitrogens with two attached hydrogens (primary N) is 1. The van der Waals surface area contributed by atoms with Crippen LogP contribution < -0.4 is 16.0 Å². The highest BCUT2D eigenvalue weighted by atomic mass is 35.5. The van der Waals surface area contributed by atoms with Crippen LogP contribution in [0.5, 0.6) is 0 Å². The number of primary amides is 1. The summed E-state index contributed by atoms with van der Waals surface area (Å²) >= 11 is 7.72. The van der Waals surface area contributed by atoms with Gasteiger partial charge in [-0.1, -0.05) is 17.7 Å². The Morgan fingerprint density at radius 3 is 2.80 bits per heavy atom. The topological polar surface area (TPSA) is 58.4 Å². The van der Waals surface area contributed by atoms with E-state index in [1.165, 1.54) is 11.3 Å². The Labute approximate surface area is 127 Å². The van der Waals surface area contributed by atoms with Gasteiger partial charge in [-0.05, 0) is 18.2 Å². The lowest BCUT2D eigenvalue weighted by Gasteiger charge is -2.19. The molecular formula is C14H16ClN3OS. The van der Waals surface area contributed by atoms with E-state index in [4.69, 9.17) is 17.3 Å². The summed E-state index contributed by atoms with van der Waals surface area (Å²) in [4.78, 5) is 14.1. The van der Waals surface area contributed by atoms with Crippen molar-refractivity contribution in [3.8, 4) is 0 Å². The van der Waals surface area contributed by atoms with Crippen molar-refractivity contribution in [2.45, 2.75) is 6.54 Å². The lowest BCUT2D eigenvalue weighted by molar-refractivity contribution is 0.100. The van der Waals surface area contributed by atoms with Gasteiger partial charge in [-0.2, -0.15) is 0 Å². The van der Waals surface area contributed by atoms with Gasteiger partial charge in [0.15, 0.2) is 0 Å². The van der Waals surface area contributed by atoms with Crippen molar-refractivity contribution in [3.05, 3.63) is 45.1 Å². The van der Waals surface area contributed by atoms with Crippen molar-refractivity contribution >= 4 is 40.2 Å². The number of rotatable bonds is 5. The maximum absolute atomic E-state index is 11.1. The first-order valence-corrected chi connectivity index (χ1v) is 7.31. The number of carbonyl (C=O) groups excluding carboxylic acids is 1. The lowest BCUT2D eigenvalue weighted by Crippen LogP contribution is -2.12. The summed E-state index contributed by atoms with van der Waals surface area (Å²) in [6, 6.07) is 7.54. The van der Waals surface area contributed by atoms with E-state index in [-0.39, 0.29) is 0 Å². The average molecular weight is 310 g/mol. The van der Waals surface area contributed by atoms with Gasteiger partial charge in [0.1, 0.15) is 0 Å². The Hall–Kier alpha value is -1.72. The average Bonchev–Trinajstić information content (AvgIpc) is 2.84. The number of anilines is 2. The molecule has 2 rings (SSSR count). The fourth-order valence-electron chi connectivity index (χ4n) is 1.90. The number of carbonyl (C=O) groups is 1. The molecule has 0 aliphatic rings. The van der Waals surface area contributed by atoms with Gasteiger partial charge in [-0.15, -0.1) is 11.3 Å². The number of amides is 1. The smallest absolute Gasteiger partial charge is 0.249 e. The monoisotopic (exact) mass is 309 g/mol. The summed E-state index contributed by atoms with van der Waals surface area (Å²) in [5.74, 6) is -0.399. The molecule has 1 aromatic carbocycles. The van der Waals surface area contributed by atoms with Crippen LogP contribution in [-0.4, -0.2) is 20.0 Å². The van der Waals surface area contributed by atoms with Crippen LogP contribution in [0.15, 0.2) is 29.6 Å². The first-order valence-electron chi connectivity index (χ1n) is 6.06. The first-order chi connectivity index (χ1) is 9.49. The number of hydrogen-bond donors (Lipinski definition) is 2. The van der Waals surface area contributed by atoms with Crippen molar-refractivity contribution in [2.24, 2.45) is 5.73 Å². The predicted molar refractivity (Wildman–Crippen MR) is 85.9 cm³/mol. The Morgan fingerprint density at radius 1 is 1.45 bits per heavy atom. The molecule has 4 nitrogen and oxygen atoms in total. The molecule has 0 spiro atoms. The number of halogens is 1. The number of nitrogens with zero attached hydrogens (tertiary/aromatic N) is 1. The van der Waals surface area contributed by atoms with Gasteiger partial charge in [-0.25, -0.2) is 0 Å². The van der Waals surface area contributed by atoms with Crippen LogP contribution >= 0.6 is 22.9 Å². The summed E-state index contributed by atoms with van der Waals surface area (Å²) in [6.07, 6.45) is 0.